The average Bonchev–Trinajstić information content (AvgIpc) is 3.18. The van der Waals surface area contributed by atoms with Crippen LogP contribution in [0.3, 0.4) is 0 Å². The van der Waals surface area contributed by atoms with Crippen LogP contribution >= 0.6 is 0 Å². The number of rotatable bonds is 4. The molecule has 94 valence electrons. The van der Waals surface area contributed by atoms with E-state index in [1.807, 2.05) is 0 Å². The summed E-state index contributed by atoms with van der Waals surface area (Å²) in [7, 11) is 1.16. The largest absolute Gasteiger partial charge is 0.466 e. The van der Waals surface area contributed by atoms with Crippen LogP contribution in [0.1, 0.15) is 10.4 Å². The molecule has 1 aromatic rings. The Morgan fingerprint density at radius 3 is 2.33 bits per heavy atom. The number of nitrogens with zero attached hydrogens (tertiary/aromatic N) is 1. The molecule has 0 bridgehead atoms. The summed E-state index contributed by atoms with van der Waals surface area (Å²) < 4.78 is 9.37. The second-order valence-corrected chi connectivity index (χ2v) is 3.74. The van der Waals surface area contributed by atoms with E-state index in [1.54, 1.807) is 0 Å². The third-order valence-corrected chi connectivity index (χ3v) is 2.66. The number of carbonyl (C=O) groups excluding carboxylic acids is 2. The van der Waals surface area contributed by atoms with Crippen molar-refractivity contribution in [1.29, 1.82) is 0 Å². The maximum Gasteiger partial charge on any atom is 0.348 e. The van der Waals surface area contributed by atoms with E-state index >= 15 is 0 Å². The van der Waals surface area contributed by atoms with E-state index in [0.717, 1.165) is 7.11 Å². The molecule has 0 radical (unpaired) electrons. The normalized spacial score (nSPS) is 21.2. The van der Waals surface area contributed by atoms with Crippen molar-refractivity contribution >= 4 is 17.4 Å². The van der Waals surface area contributed by atoms with Gasteiger partial charge < -0.3 is 9.47 Å². The van der Waals surface area contributed by atoms with Gasteiger partial charge in [0.05, 0.1) is 18.6 Å². The van der Waals surface area contributed by atoms with Gasteiger partial charge in [-0.3, -0.25) is 14.9 Å². The van der Waals surface area contributed by atoms with Crippen molar-refractivity contribution in [1.82, 2.24) is 0 Å². The van der Waals surface area contributed by atoms with E-state index in [2.05, 4.69) is 4.74 Å². The zero-order valence-corrected chi connectivity index (χ0v) is 9.41. The van der Waals surface area contributed by atoms with Gasteiger partial charge in [0.2, 0.25) is 5.78 Å². The Kier molecular flexibility index (Phi) is 2.84. The number of ether oxygens (including phenoxy) is 2. The highest BCUT2D eigenvalue weighted by Crippen LogP contribution is 2.32. The second kappa shape index (κ2) is 4.19. The van der Waals surface area contributed by atoms with Crippen LogP contribution in [-0.2, 0) is 14.3 Å². The summed E-state index contributed by atoms with van der Waals surface area (Å²) in [5.74, 6) is -1.31. The Hall–Kier alpha value is -2.28. The Bertz CT molecular complexity index is 517. The summed E-state index contributed by atoms with van der Waals surface area (Å²) in [5, 5.41) is 10.5. The fourth-order valence-electron chi connectivity index (χ4n) is 1.55. The molecule has 0 spiro atoms. The molecular formula is C11H9NO6. The molecule has 1 aliphatic rings. The van der Waals surface area contributed by atoms with Crippen LogP contribution in [0.25, 0.3) is 0 Å². The summed E-state index contributed by atoms with van der Waals surface area (Å²) in [4.78, 5) is 33.3. The lowest BCUT2D eigenvalue weighted by Gasteiger charge is -2.07. The molecule has 2 rings (SSSR count). The van der Waals surface area contributed by atoms with Crippen LogP contribution < -0.4 is 0 Å². The molecule has 7 heteroatoms. The highest BCUT2D eigenvalue weighted by Gasteiger charge is 2.60. The monoisotopic (exact) mass is 251 g/mol. The van der Waals surface area contributed by atoms with E-state index < -0.39 is 22.3 Å². The van der Waals surface area contributed by atoms with Gasteiger partial charge in [-0.1, -0.05) is 0 Å². The van der Waals surface area contributed by atoms with Crippen molar-refractivity contribution in [3.63, 3.8) is 0 Å². The number of methoxy groups -OCH3 is 1. The summed E-state index contributed by atoms with van der Waals surface area (Å²) in [5.41, 5.74) is -1.52. The van der Waals surface area contributed by atoms with Crippen molar-refractivity contribution in [3.8, 4) is 0 Å². The van der Waals surface area contributed by atoms with E-state index in [-0.39, 0.29) is 17.9 Å². The Morgan fingerprint density at radius 1 is 1.39 bits per heavy atom. The molecular weight excluding hydrogens is 242 g/mol. The fraction of sp³-hybridized carbons (Fsp3) is 0.273. The van der Waals surface area contributed by atoms with Crippen molar-refractivity contribution in [2.75, 3.05) is 13.7 Å². The third kappa shape index (κ3) is 1.84. The maximum absolute atomic E-state index is 12.0. The molecule has 1 unspecified atom stereocenters. The highest BCUT2D eigenvalue weighted by molar-refractivity contribution is 6.17. The van der Waals surface area contributed by atoms with Gasteiger partial charge in [-0.2, -0.15) is 0 Å². The SMILES string of the molecule is COC(=O)C1(C(=O)c2ccc([N+](=O)[O-])cc2)CO1. The summed E-state index contributed by atoms with van der Waals surface area (Å²) >= 11 is 0. The number of esters is 1. The van der Waals surface area contributed by atoms with Crippen molar-refractivity contribution in [2.45, 2.75) is 5.60 Å². The van der Waals surface area contributed by atoms with Gasteiger partial charge in [-0.25, -0.2) is 4.79 Å². The van der Waals surface area contributed by atoms with E-state index in [9.17, 15) is 19.7 Å². The number of benzene rings is 1. The van der Waals surface area contributed by atoms with Crippen molar-refractivity contribution in [3.05, 3.63) is 39.9 Å². The number of non-ortho nitro benzene ring substituents is 1. The molecule has 1 heterocycles. The number of ketones is 1. The second-order valence-electron chi connectivity index (χ2n) is 3.74. The fourth-order valence-corrected chi connectivity index (χ4v) is 1.55. The predicted molar refractivity (Wildman–Crippen MR) is 58.1 cm³/mol. The molecule has 7 nitrogen and oxygen atoms in total. The first-order chi connectivity index (χ1) is 8.51. The Morgan fingerprint density at radius 2 is 1.94 bits per heavy atom. The van der Waals surface area contributed by atoms with Crippen LogP contribution in [0, 0.1) is 10.1 Å². The van der Waals surface area contributed by atoms with Gasteiger partial charge >= 0.3 is 5.97 Å². The van der Waals surface area contributed by atoms with E-state index in [1.165, 1.54) is 24.3 Å². The van der Waals surface area contributed by atoms with Crippen LogP contribution in [0.2, 0.25) is 0 Å². The minimum absolute atomic E-state index is 0.0322. The third-order valence-electron chi connectivity index (χ3n) is 2.66. The topological polar surface area (TPSA) is 99.0 Å². The lowest BCUT2D eigenvalue weighted by atomic mass is 9.98. The quantitative estimate of drug-likeness (QED) is 0.195. The molecule has 1 fully saturated rings. The first-order valence-electron chi connectivity index (χ1n) is 5.03. The molecule has 1 atom stereocenters. The molecule has 0 saturated carbocycles. The maximum atomic E-state index is 12.0. The number of Topliss-reactive ketones (excluding diaryl/α,β-unsaturated/α-hetero) is 1. The number of nitro benzene ring substituents is 1. The van der Waals surface area contributed by atoms with Gasteiger partial charge in [0.1, 0.15) is 0 Å². The van der Waals surface area contributed by atoms with Crippen molar-refractivity contribution < 1.29 is 24.0 Å². The summed E-state index contributed by atoms with van der Waals surface area (Å²) in [6.45, 7) is -0.0322. The number of nitro groups is 1. The number of carbonyl (C=O) groups is 2. The first-order valence-corrected chi connectivity index (χ1v) is 5.03. The molecule has 0 N–H and O–H groups in total. The van der Waals surface area contributed by atoms with E-state index in [4.69, 9.17) is 4.74 Å². The Balaban J connectivity index is 2.25. The molecule has 1 saturated heterocycles. The minimum Gasteiger partial charge on any atom is -0.466 e. The first kappa shape index (κ1) is 12.2. The van der Waals surface area contributed by atoms with Gasteiger partial charge in [-0.15, -0.1) is 0 Å². The zero-order valence-electron chi connectivity index (χ0n) is 9.41. The van der Waals surface area contributed by atoms with Gasteiger partial charge in [0, 0.05) is 17.7 Å². The minimum atomic E-state index is -1.56. The summed E-state index contributed by atoms with van der Waals surface area (Å²) in [6.07, 6.45) is 0. The number of epoxide rings is 1. The predicted octanol–water partition coefficient (Wildman–Crippen LogP) is 0.719. The number of hydrogen-bond acceptors (Lipinski definition) is 6. The Labute approximate surface area is 101 Å². The lowest BCUT2D eigenvalue weighted by molar-refractivity contribution is -0.384. The molecule has 0 aromatic heterocycles. The van der Waals surface area contributed by atoms with Crippen LogP contribution in [0.15, 0.2) is 24.3 Å². The average molecular weight is 251 g/mol. The highest BCUT2D eigenvalue weighted by atomic mass is 16.6. The van der Waals surface area contributed by atoms with Crippen LogP contribution in [0.4, 0.5) is 5.69 Å². The van der Waals surface area contributed by atoms with Gasteiger partial charge in [-0.05, 0) is 12.1 Å². The number of hydrogen-bond donors (Lipinski definition) is 0. The standard InChI is InChI=1S/C11H9NO6/c1-17-10(14)11(6-18-11)9(13)7-2-4-8(5-3-7)12(15)16/h2-5H,6H2,1H3. The van der Waals surface area contributed by atoms with Crippen molar-refractivity contribution in [2.24, 2.45) is 0 Å². The molecule has 0 aliphatic carbocycles. The van der Waals surface area contributed by atoms with Gasteiger partial charge in [0.15, 0.2) is 0 Å². The van der Waals surface area contributed by atoms with Crippen LogP contribution in [0.5, 0.6) is 0 Å². The lowest BCUT2D eigenvalue weighted by Crippen LogP contribution is -2.35. The van der Waals surface area contributed by atoms with E-state index in [0.29, 0.717) is 0 Å². The smallest absolute Gasteiger partial charge is 0.348 e. The molecule has 1 aliphatic heterocycles. The molecule has 0 amide bonds. The molecule has 18 heavy (non-hydrogen) atoms. The molecule has 1 aromatic carbocycles. The summed E-state index contributed by atoms with van der Waals surface area (Å²) in [6, 6.07) is 4.96. The van der Waals surface area contributed by atoms with Crippen LogP contribution in [-0.4, -0.2) is 36.0 Å². The van der Waals surface area contributed by atoms with Gasteiger partial charge in [0.25, 0.3) is 11.3 Å². The zero-order chi connectivity index (χ0) is 13.3.